The lowest BCUT2D eigenvalue weighted by Crippen LogP contribution is -2.33. The maximum absolute atomic E-state index is 12.3. The van der Waals surface area contributed by atoms with Crippen molar-refractivity contribution in [2.24, 2.45) is 0 Å². The summed E-state index contributed by atoms with van der Waals surface area (Å²) >= 11 is 0. The largest absolute Gasteiger partial charge is 0.447 e. The molecule has 0 fully saturated rings. The van der Waals surface area contributed by atoms with E-state index in [1.54, 1.807) is 12.0 Å². The van der Waals surface area contributed by atoms with E-state index in [1.807, 2.05) is 48.5 Å². The Kier molecular flexibility index (Phi) is 7.14. The molecule has 0 aliphatic rings. The summed E-state index contributed by atoms with van der Waals surface area (Å²) in [6, 6.07) is 20.1. The Morgan fingerprint density at radius 1 is 0.913 bits per heavy atom. The fraction of sp³-hybridized carbons (Fsp3) is 0.316. The van der Waals surface area contributed by atoms with E-state index in [4.69, 9.17) is 9.47 Å². The fourth-order valence-corrected chi connectivity index (χ4v) is 2.25. The van der Waals surface area contributed by atoms with Crippen LogP contribution in [-0.2, 0) is 22.4 Å². The topological polar surface area (TPSA) is 38.8 Å². The second kappa shape index (κ2) is 9.64. The predicted octanol–water partition coefficient (Wildman–Crippen LogP) is 3.51. The molecule has 4 heteroatoms. The molecule has 23 heavy (non-hydrogen) atoms. The molecule has 0 N–H and O–H groups in total. The van der Waals surface area contributed by atoms with Crippen LogP contribution < -0.4 is 0 Å². The third-order valence-corrected chi connectivity index (χ3v) is 3.50. The number of hydrogen-bond donors (Lipinski definition) is 0. The van der Waals surface area contributed by atoms with E-state index < -0.39 is 0 Å². The minimum absolute atomic E-state index is 0.270. The van der Waals surface area contributed by atoms with Crippen LogP contribution in [0.4, 0.5) is 4.79 Å². The van der Waals surface area contributed by atoms with Crippen LogP contribution in [0.1, 0.15) is 11.1 Å². The molecular formula is C19H23NO3. The van der Waals surface area contributed by atoms with Gasteiger partial charge in [-0.1, -0.05) is 60.7 Å². The molecule has 0 aliphatic heterocycles. The highest BCUT2D eigenvalue weighted by atomic mass is 16.6. The van der Waals surface area contributed by atoms with Crippen molar-refractivity contribution in [2.45, 2.75) is 13.0 Å². The molecular weight excluding hydrogens is 290 g/mol. The molecule has 2 aromatic rings. The monoisotopic (exact) mass is 313 g/mol. The predicted molar refractivity (Wildman–Crippen MR) is 90.2 cm³/mol. The Labute approximate surface area is 137 Å². The molecule has 0 unspecified atom stereocenters. The molecule has 0 spiro atoms. The van der Waals surface area contributed by atoms with E-state index in [9.17, 15) is 4.79 Å². The molecule has 4 nitrogen and oxygen atoms in total. The van der Waals surface area contributed by atoms with Crippen LogP contribution in [-0.4, -0.2) is 37.9 Å². The SMILES string of the molecule is COCCOC(=O)N(CCc1ccccc1)Cc1ccccc1. The van der Waals surface area contributed by atoms with Crippen molar-refractivity contribution in [3.05, 3.63) is 71.8 Å². The summed E-state index contributed by atoms with van der Waals surface area (Å²) in [7, 11) is 1.59. The highest BCUT2D eigenvalue weighted by Crippen LogP contribution is 2.09. The van der Waals surface area contributed by atoms with Gasteiger partial charge in [0.25, 0.3) is 0 Å². The molecule has 2 aromatic carbocycles. The van der Waals surface area contributed by atoms with Gasteiger partial charge < -0.3 is 14.4 Å². The van der Waals surface area contributed by atoms with Crippen molar-refractivity contribution < 1.29 is 14.3 Å². The van der Waals surface area contributed by atoms with Gasteiger partial charge in [-0.2, -0.15) is 0 Å². The van der Waals surface area contributed by atoms with Crippen molar-refractivity contribution in [2.75, 3.05) is 26.9 Å². The summed E-state index contributed by atoms with van der Waals surface area (Å²) in [5, 5.41) is 0. The van der Waals surface area contributed by atoms with E-state index in [0.717, 1.165) is 12.0 Å². The van der Waals surface area contributed by atoms with Gasteiger partial charge in [0.05, 0.1) is 6.61 Å². The van der Waals surface area contributed by atoms with Crippen LogP contribution in [0, 0.1) is 0 Å². The number of benzene rings is 2. The van der Waals surface area contributed by atoms with Gasteiger partial charge in [0.2, 0.25) is 0 Å². The zero-order valence-corrected chi connectivity index (χ0v) is 13.5. The summed E-state index contributed by atoms with van der Waals surface area (Å²) < 4.78 is 10.2. The van der Waals surface area contributed by atoms with Crippen molar-refractivity contribution >= 4 is 6.09 Å². The molecule has 0 aromatic heterocycles. The van der Waals surface area contributed by atoms with Gasteiger partial charge in [-0.05, 0) is 17.5 Å². The molecule has 0 atom stereocenters. The molecule has 2 rings (SSSR count). The minimum atomic E-state index is -0.304. The molecule has 0 saturated carbocycles. The Morgan fingerprint density at radius 3 is 2.13 bits per heavy atom. The summed E-state index contributed by atoms with van der Waals surface area (Å²) in [5.41, 5.74) is 2.29. The highest BCUT2D eigenvalue weighted by molar-refractivity contribution is 5.67. The summed E-state index contributed by atoms with van der Waals surface area (Å²) in [6.45, 7) is 1.83. The molecule has 0 saturated heterocycles. The quantitative estimate of drug-likeness (QED) is 0.700. The lowest BCUT2D eigenvalue weighted by molar-refractivity contribution is 0.0703. The first-order chi connectivity index (χ1) is 11.3. The summed E-state index contributed by atoms with van der Waals surface area (Å²) in [4.78, 5) is 14.0. The zero-order chi connectivity index (χ0) is 16.3. The zero-order valence-electron chi connectivity index (χ0n) is 13.5. The average Bonchev–Trinajstić information content (AvgIpc) is 2.60. The van der Waals surface area contributed by atoms with Gasteiger partial charge in [0.1, 0.15) is 6.61 Å². The number of rotatable bonds is 8. The van der Waals surface area contributed by atoms with E-state index >= 15 is 0 Å². The third kappa shape index (κ3) is 6.12. The van der Waals surface area contributed by atoms with Gasteiger partial charge in [-0.15, -0.1) is 0 Å². The van der Waals surface area contributed by atoms with Gasteiger partial charge in [0.15, 0.2) is 0 Å². The van der Waals surface area contributed by atoms with Crippen molar-refractivity contribution in [1.82, 2.24) is 4.90 Å². The smallest absolute Gasteiger partial charge is 0.410 e. The first kappa shape index (κ1) is 17.0. The highest BCUT2D eigenvalue weighted by Gasteiger charge is 2.15. The minimum Gasteiger partial charge on any atom is -0.447 e. The van der Waals surface area contributed by atoms with Gasteiger partial charge in [-0.25, -0.2) is 4.79 Å². The van der Waals surface area contributed by atoms with E-state index in [2.05, 4.69) is 12.1 Å². The van der Waals surface area contributed by atoms with Crippen molar-refractivity contribution in [1.29, 1.82) is 0 Å². The first-order valence-electron chi connectivity index (χ1n) is 7.78. The van der Waals surface area contributed by atoms with Gasteiger partial charge in [0, 0.05) is 20.2 Å². The summed E-state index contributed by atoms with van der Waals surface area (Å²) in [5.74, 6) is 0. The molecule has 0 heterocycles. The number of carbonyl (C=O) groups is 1. The maximum atomic E-state index is 12.3. The van der Waals surface area contributed by atoms with Crippen LogP contribution in [0.25, 0.3) is 0 Å². The van der Waals surface area contributed by atoms with Crippen molar-refractivity contribution in [3.63, 3.8) is 0 Å². The van der Waals surface area contributed by atoms with E-state index in [0.29, 0.717) is 19.7 Å². The average molecular weight is 313 g/mol. The number of hydrogen-bond acceptors (Lipinski definition) is 3. The van der Waals surface area contributed by atoms with Gasteiger partial charge >= 0.3 is 6.09 Å². The Morgan fingerprint density at radius 2 is 1.52 bits per heavy atom. The Balaban J connectivity index is 1.96. The molecule has 1 amide bonds. The van der Waals surface area contributed by atoms with Crippen LogP contribution in [0.3, 0.4) is 0 Å². The lowest BCUT2D eigenvalue weighted by atomic mass is 10.1. The molecule has 0 radical (unpaired) electrons. The van der Waals surface area contributed by atoms with Gasteiger partial charge in [-0.3, -0.25) is 0 Å². The number of carbonyl (C=O) groups excluding carboxylic acids is 1. The number of ether oxygens (including phenoxy) is 2. The number of methoxy groups -OCH3 is 1. The second-order valence-corrected chi connectivity index (χ2v) is 5.25. The number of amides is 1. The normalized spacial score (nSPS) is 10.3. The number of nitrogens with zero attached hydrogens (tertiary/aromatic N) is 1. The second-order valence-electron chi connectivity index (χ2n) is 5.25. The van der Waals surface area contributed by atoms with E-state index in [1.165, 1.54) is 5.56 Å². The van der Waals surface area contributed by atoms with E-state index in [-0.39, 0.29) is 12.7 Å². The van der Waals surface area contributed by atoms with Crippen molar-refractivity contribution in [3.8, 4) is 0 Å². The first-order valence-corrected chi connectivity index (χ1v) is 7.78. The van der Waals surface area contributed by atoms with Crippen LogP contribution in [0.2, 0.25) is 0 Å². The lowest BCUT2D eigenvalue weighted by Gasteiger charge is -2.22. The maximum Gasteiger partial charge on any atom is 0.410 e. The van der Waals surface area contributed by atoms with Crippen LogP contribution >= 0.6 is 0 Å². The summed E-state index contributed by atoms with van der Waals surface area (Å²) in [6.07, 6.45) is 0.495. The Hall–Kier alpha value is -2.33. The van der Waals surface area contributed by atoms with Crippen LogP contribution in [0.15, 0.2) is 60.7 Å². The van der Waals surface area contributed by atoms with Crippen LogP contribution in [0.5, 0.6) is 0 Å². The fourth-order valence-electron chi connectivity index (χ4n) is 2.25. The molecule has 122 valence electrons. The standard InChI is InChI=1S/C19H23NO3/c1-22-14-15-23-19(21)20(16-18-10-6-3-7-11-18)13-12-17-8-4-2-5-9-17/h2-11H,12-16H2,1H3. The Bertz CT molecular complexity index is 572. The third-order valence-electron chi connectivity index (χ3n) is 3.50. The molecule has 0 aliphatic carbocycles. The molecule has 0 bridgehead atoms.